The number of halogens is 2. The number of benzene rings is 1. The molecule has 0 aromatic heterocycles. The van der Waals surface area contributed by atoms with Crippen LogP contribution in [-0.2, 0) is 6.54 Å². The van der Waals surface area contributed by atoms with Crippen molar-refractivity contribution in [1.29, 1.82) is 0 Å². The van der Waals surface area contributed by atoms with Crippen LogP contribution in [0.4, 0.5) is 4.39 Å². The zero-order valence-electron chi connectivity index (χ0n) is 6.60. The molecule has 0 spiro atoms. The summed E-state index contributed by atoms with van der Waals surface area (Å²) in [6, 6.07) is 2.93. The average Bonchev–Trinajstić information content (AvgIpc) is 2.05. The Balaban J connectivity index is 3.18. The third kappa shape index (κ3) is 1.76. The van der Waals surface area contributed by atoms with Gasteiger partial charge in [-0.2, -0.15) is 0 Å². The Labute approximate surface area is 78.6 Å². The summed E-state index contributed by atoms with van der Waals surface area (Å²) < 4.78 is 18.6. The van der Waals surface area contributed by atoms with E-state index in [4.69, 9.17) is 10.5 Å². The molecule has 0 fully saturated rings. The minimum absolute atomic E-state index is 0.176. The van der Waals surface area contributed by atoms with Crippen LogP contribution in [0.1, 0.15) is 5.56 Å². The zero-order chi connectivity index (χ0) is 9.14. The van der Waals surface area contributed by atoms with Gasteiger partial charge in [0.05, 0.1) is 11.6 Å². The normalized spacial score (nSPS) is 10.0. The molecule has 0 bridgehead atoms. The summed E-state index contributed by atoms with van der Waals surface area (Å²) in [7, 11) is 1.53. The summed E-state index contributed by atoms with van der Waals surface area (Å²) in [6.07, 6.45) is 0. The largest absolute Gasteiger partial charge is 0.496 e. The van der Waals surface area contributed by atoms with E-state index in [1.165, 1.54) is 13.2 Å². The smallest absolute Gasteiger partial charge is 0.133 e. The minimum Gasteiger partial charge on any atom is -0.496 e. The number of rotatable bonds is 2. The molecule has 0 aliphatic rings. The van der Waals surface area contributed by atoms with Crippen LogP contribution in [-0.4, -0.2) is 7.11 Å². The number of nitrogens with two attached hydrogens (primary N) is 1. The molecule has 0 radical (unpaired) electrons. The van der Waals surface area contributed by atoms with Gasteiger partial charge in [0.2, 0.25) is 0 Å². The van der Waals surface area contributed by atoms with Crippen LogP contribution >= 0.6 is 15.9 Å². The van der Waals surface area contributed by atoms with Gasteiger partial charge in [-0.3, -0.25) is 0 Å². The summed E-state index contributed by atoms with van der Waals surface area (Å²) in [6.45, 7) is 0.176. The zero-order valence-corrected chi connectivity index (χ0v) is 8.19. The average molecular weight is 234 g/mol. The lowest BCUT2D eigenvalue weighted by Crippen LogP contribution is -2.00. The van der Waals surface area contributed by atoms with Gasteiger partial charge < -0.3 is 10.5 Å². The predicted molar refractivity (Wildman–Crippen MR) is 48.5 cm³/mol. The Morgan fingerprint density at radius 3 is 2.75 bits per heavy atom. The van der Waals surface area contributed by atoms with Crippen LogP contribution in [0.2, 0.25) is 0 Å². The lowest BCUT2D eigenvalue weighted by Gasteiger charge is -2.06. The van der Waals surface area contributed by atoms with Gasteiger partial charge in [-0.1, -0.05) is 0 Å². The quantitative estimate of drug-likeness (QED) is 0.849. The first-order valence-corrected chi connectivity index (χ1v) is 4.20. The molecule has 0 unspecified atom stereocenters. The van der Waals surface area contributed by atoms with E-state index in [0.717, 1.165) is 0 Å². The standard InChI is InChI=1S/C8H9BrFNO/c1-12-8-2-5(4-11)7(10)3-6(8)9/h2-3H,4,11H2,1H3. The SMILES string of the molecule is COc1cc(CN)c(F)cc1Br. The van der Waals surface area contributed by atoms with Crippen LogP contribution in [0, 0.1) is 5.82 Å². The molecule has 0 aliphatic heterocycles. The topological polar surface area (TPSA) is 35.2 Å². The summed E-state index contributed by atoms with van der Waals surface area (Å²) in [5.74, 6) is 0.280. The molecule has 0 aliphatic carbocycles. The van der Waals surface area contributed by atoms with Crippen molar-refractivity contribution in [2.75, 3.05) is 7.11 Å². The molecule has 0 atom stereocenters. The lowest BCUT2D eigenvalue weighted by atomic mass is 10.2. The van der Waals surface area contributed by atoms with Gasteiger partial charge >= 0.3 is 0 Å². The first-order chi connectivity index (χ1) is 5.69. The van der Waals surface area contributed by atoms with E-state index in [1.54, 1.807) is 6.07 Å². The molecule has 2 nitrogen and oxygen atoms in total. The van der Waals surface area contributed by atoms with Crippen LogP contribution in [0.15, 0.2) is 16.6 Å². The molecule has 1 rings (SSSR count). The van der Waals surface area contributed by atoms with Crippen LogP contribution < -0.4 is 10.5 Å². The molecule has 12 heavy (non-hydrogen) atoms. The monoisotopic (exact) mass is 233 g/mol. The van der Waals surface area contributed by atoms with Gasteiger partial charge in [0.1, 0.15) is 11.6 Å². The Morgan fingerprint density at radius 2 is 2.25 bits per heavy atom. The van der Waals surface area contributed by atoms with Gasteiger partial charge in [-0.15, -0.1) is 0 Å². The third-order valence-electron chi connectivity index (χ3n) is 1.54. The van der Waals surface area contributed by atoms with Crippen molar-refractivity contribution < 1.29 is 9.13 Å². The first-order valence-electron chi connectivity index (χ1n) is 3.41. The van der Waals surface area contributed by atoms with Gasteiger partial charge in [0, 0.05) is 12.1 Å². The highest BCUT2D eigenvalue weighted by Crippen LogP contribution is 2.27. The Bertz CT molecular complexity index is 265. The van der Waals surface area contributed by atoms with Gasteiger partial charge in [0.25, 0.3) is 0 Å². The lowest BCUT2D eigenvalue weighted by molar-refractivity contribution is 0.410. The molecule has 66 valence electrons. The van der Waals surface area contributed by atoms with E-state index in [2.05, 4.69) is 15.9 Å². The van der Waals surface area contributed by atoms with Gasteiger partial charge in [-0.25, -0.2) is 4.39 Å². The van der Waals surface area contributed by atoms with Crippen molar-refractivity contribution in [1.82, 2.24) is 0 Å². The molecule has 2 N–H and O–H groups in total. The van der Waals surface area contributed by atoms with E-state index in [0.29, 0.717) is 15.8 Å². The van der Waals surface area contributed by atoms with Crippen molar-refractivity contribution >= 4 is 15.9 Å². The van der Waals surface area contributed by atoms with Crippen molar-refractivity contribution in [3.8, 4) is 5.75 Å². The second-order valence-corrected chi connectivity index (χ2v) is 3.14. The highest BCUT2D eigenvalue weighted by molar-refractivity contribution is 9.10. The predicted octanol–water partition coefficient (Wildman–Crippen LogP) is 2.06. The molecule has 0 saturated heterocycles. The second-order valence-electron chi connectivity index (χ2n) is 2.28. The Kier molecular flexibility index (Phi) is 3.05. The number of methoxy groups -OCH3 is 1. The van der Waals surface area contributed by atoms with Crippen molar-refractivity contribution in [3.05, 3.63) is 28.0 Å². The van der Waals surface area contributed by atoms with Crippen LogP contribution in [0.5, 0.6) is 5.75 Å². The van der Waals surface area contributed by atoms with E-state index in [-0.39, 0.29) is 12.4 Å². The van der Waals surface area contributed by atoms with E-state index in [9.17, 15) is 4.39 Å². The minimum atomic E-state index is -0.315. The number of hydrogen-bond donors (Lipinski definition) is 1. The maximum atomic E-state index is 13.0. The summed E-state index contributed by atoms with van der Waals surface area (Å²) >= 11 is 3.16. The summed E-state index contributed by atoms with van der Waals surface area (Å²) in [5.41, 5.74) is 5.77. The maximum Gasteiger partial charge on any atom is 0.133 e. The molecular weight excluding hydrogens is 225 g/mol. The molecule has 0 saturated carbocycles. The molecule has 0 heterocycles. The van der Waals surface area contributed by atoms with E-state index >= 15 is 0 Å². The van der Waals surface area contributed by atoms with Gasteiger partial charge in [0.15, 0.2) is 0 Å². The summed E-state index contributed by atoms with van der Waals surface area (Å²) in [5, 5.41) is 0. The molecular formula is C8H9BrFNO. The van der Waals surface area contributed by atoms with E-state index in [1.807, 2.05) is 0 Å². The Hall–Kier alpha value is -0.610. The molecule has 0 amide bonds. The van der Waals surface area contributed by atoms with Crippen molar-refractivity contribution in [3.63, 3.8) is 0 Å². The van der Waals surface area contributed by atoms with Gasteiger partial charge in [-0.05, 0) is 28.1 Å². The summed E-state index contributed by atoms with van der Waals surface area (Å²) in [4.78, 5) is 0. The third-order valence-corrected chi connectivity index (χ3v) is 2.16. The number of hydrogen-bond acceptors (Lipinski definition) is 2. The molecule has 4 heteroatoms. The molecule has 1 aromatic rings. The first kappa shape index (κ1) is 9.48. The second kappa shape index (κ2) is 3.87. The molecule has 1 aromatic carbocycles. The highest BCUT2D eigenvalue weighted by atomic mass is 79.9. The van der Waals surface area contributed by atoms with Crippen molar-refractivity contribution in [2.45, 2.75) is 6.54 Å². The number of ether oxygens (including phenoxy) is 1. The highest BCUT2D eigenvalue weighted by Gasteiger charge is 2.06. The Morgan fingerprint density at radius 1 is 1.58 bits per heavy atom. The van der Waals surface area contributed by atoms with Crippen molar-refractivity contribution in [2.24, 2.45) is 5.73 Å². The van der Waals surface area contributed by atoms with E-state index < -0.39 is 0 Å². The van der Waals surface area contributed by atoms with Crippen LogP contribution in [0.3, 0.4) is 0 Å². The fourth-order valence-corrected chi connectivity index (χ4v) is 1.36. The fourth-order valence-electron chi connectivity index (χ4n) is 0.884. The fraction of sp³-hybridized carbons (Fsp3) is 0.250. The van der Waals surface area contributed by atoms with Crippen LogP contribution in [0.25, 0.3) is 0 Å². The maximum absolute atomic E-state index is 13.0.